The zero-order chi connectivity index (χ0) is 13.4. The number of nitrogens with zero attached hydrogens (tertiary/aromatic N) is 2. The van der Waals surface area contributed by atoms with Gasteiger partial charge in [-0.15, -0.1) is 0 Å². The third kappa shape index (κ3) is 2.54. The summed E-state index contributed by atoms with van der Waals surface area (Å²) in [6, 6.07) is 6.51. The van der Waals surface area contributed by atoms with Gasteiger partial charge in [0.05, 0.1) is 5.02 Å². The lowest BCUT2D eigenvalue weighted by Gasteiger charge is -2.07. The van der Waals surface area contributed by atoms with Crippen LogP contribution >= 0.6 is 11.6 Å². The quantitative estimate of drug-likeness (QED) is 0.926. The van der Waals surface area contributed by atoms with Crippen molar-refractivity contribution in [1.29, 1.82) is 0 Å². The second kappa shape index (κ2) is 4.78. The van der Waals surface area contributed by atoms with Crippen LogP contribution in [0.1, 0.15) is 24.5 Å². The van der Waals surface area contributed by atoms with Crippen LogP contribution in [-0.4, -0.2) is 17.0 Å². The number of hydrogen-bond acceptors (Lipinski definition) is 3. The van der Waals surface area contributed by atoms with Crippen LogP contribution in [0.2, 0.25) is 5.02 Å². The summed E-state index contributed by atoms with van der Waals surface area (Å²) in [6.45, 7) is 0. The predicted molar refractivity (Wildman–Crippen MR) is 74.0 cm³/mol. The molecule has 0 radical (unpaired) electrons. The molecule has 0 aliphatic heterocycles. The molecule has 98 valence electrons. The summed E-state index contributed by atoms with van der Waals surface area (Å²) in [5.74, 6) is 1.45. The van der Waals surface area contributed by atoms with Crippen LogP contribution in [0.15, 0.2) is 24.3 Å². The molecule has 0 bridgehead atoms. The van der Waals surface area contributed by atoms with E-state index in [2.05, 4.69) is 15.3 Å². The third-order valence-electron chi connectivity index (χ3n) is 3.18. The van der Waals surface area contributed by atoms with E-state index in [1.807, 2.05) is 13.1 Å². The minimum Gasteiger partial charge on any atom is -0.373 e. The molecule has 5 heteroatoms. The van der Waals surface area contributed by atoms with Crippen LogP contribution in [0.3, 0.4) is 0 Å². The van der Waals surface area contributed by atoms with E-state index in [1.165, 1.54) is 18.9 Å². The molecule has 3 rings (SSSR count). The van der Waals surface area contributed by atoms with Gasteiger partial charge in [-0.3, -0.25) is 0 Å². The molecular formula is C14H13ClFN3. The van der Waals surface area contributed by atoms with Gasteiger partial charge >= 0.3 is 0 Å². The highest BCUT2D eigenvalue weighted by Crippen LogP contribution is 2.40. The molecule has 1 fully saturated rings. The number of rotatable bonds is 3. The van der Waals surface area contributed by atoms with Crippen molar-refractivity contribution in [2.75, 3.05) is 12.4 Å². The summed E-state index contributed by atoms with van der Waals surface area (Å²) in [7, 11) is 1.82. The first-order chi connectivity index (χ1) is 9.17. The molecule has 1 heterocycles. The second-order valence-corrected chi connectivity index (χ2v) is 5.06. The molecule has 3 nitrogen and oxygen atoms in total. The molecule has 1 saturated carbocycles. The maximum absolute atomic E-state index is 13.2. The summed E-state index contributed by atoms with van der Waals surface area (Å²) in [5.41, 5.74) is 1.76. The Bertz CT molecular complexity index is 626. The fourth-order valence-corrected chi connectivity index (χ4v) is 2.13. The standard InChI is InChI=1S/C14H13ClFN3/c1-17-13-7-12(8-2-3-8)18-14(19-13)9-4-5-11(16)10(15)6-9/h4-8H,2-3H2,1H3,(H,17,18,19). The van der Waals surface area contributed by atoms with Crippen LogP contribution in [0.5, 0.6) is 0 Å². The summed E-state index contributed by atoms with van der Waals surface area (Å²) >= 11 is 5.81. The largest absolute Gasteiger partial charge is 0.373 e. The molecule has 0 unspecified atom stereocenters. The highest BCUT2D eigenvalue weighted by molar-refractivity contribution is 6.31. The van der Waals surface area contributed by atoms with Gasteiger partial charge in [-0.1, -0.05) is 11.6 Å². The number of nitrogens with one attached hydrogen (secondary N) is 1. The highest BCUT2D eigenvalue weighted by Gasteiger charge is 2.26. The van der Waals surface area contributed by atoms with Gasteiger partial charge in [0.15, 0.2) is 5.82 Å². The van der Waals surface area contributed by atoms with Crippen molar-refractivity contribution in [3.05, 3.63) is 40.8 Å². The van der Waals surface area contributed by atoms with Crippen molar-refractivity contribution in [2.24, 2.45) is 0 Å². The SMILES string of the molecule is CNc1cc(C2CC2)nc(-c2ccc(F)c(Cl)c2)n1. The molecule has 0 saturated heterocycles. The predicted octanol–water partition coefficient (Wildman–Crippen LogP) is 3.86. The van der Waals surface area contributed by atoms with Crippen LogP contribution in [0, 0.1) is 5.82 Å². The molecular weight excluding hydrogens is 265 g/mol. The lowest BCUT2D eigenvalue weighted by molar-refractivity contribution is 0.628. The van der Waals surface area contributed by atoms with Gasteiger partial charge in [-0.2, -0.15) is 0 Å². The fourth-order valence-electron chi connectivity index (χ4n) is 1.95. The Morgan fingerprint density at radius 1 is 1.26 bits per heavy atom. The van der Waals surface area contributed by atoms with E-state index in [1.54, 1.807) is 12.1 Å². The Balaban J connectivity index is 2.07. The minimum atomic E-state index is -0.433. The molecule has 0 atom stereocenters. The van der Waals surface area contributed by atoms with Crippen molar-refractivity contribution in [3.8, 4) is 11.4 Å². The normalized spacial score (nSPS) is 14.5. The lowest BCUT2D eigenvalue weighted by atomic mass is 10.2. The van der Waals surface area contributed by atoms with Gasteiger partial charge in [0.25, 0.3) is 0 Å². The van der Waals surface area contributed by atoms with E-state index >= 15 is 0 Å². The van der Waals surface area contributed by atoms with E-state index in [-0.39, 0.29) is 5.02 Å². The van der Waals surface area contributed by atoms with Gasteiger partial charge in [-0.05, 0) is 31.0 Å². The van der Waals surface area contributed by atoms with Crippen molar-refractivity contribution in [3.63, 3.8) is 0 Å². The molecule has 1 aliphatic rings. The van der Waals surface area contributed by atoms with Crippen LogP contribution in [0.25, 0.3) is 11.4 Å². The van der Waals surface area contributed by atoms with Crippen molar-refractivity contribution in [2.45, 2.75) is 18.8 Å². The minimum absolute atomic E-state index is 0.0870. The Morgan fingerprint density at radius 3 is 2.68 bits per heavy atom. The lowest BCUT2D eigenvalue weighted by Crippen LogP contribution is -2.00. The first-order valence-electron chi connectivity index (χ1n) is 6.19. The monoisotopic (exact) mass is 277 g/mol. The first kappa shape index (κ1) is 12.4. The van der Waals surface area contributed by atoms with Gasteiger partial charge in [-0.25, -0.2) is 14.4 Å². The smallest absolute Gasteiger partial charge is 0.161 e. The Hall–Kier alpha value is -1.68. The Morgan fingerprint density at radius 2 is 2.05 bits per heavy atom. The van der Waals surface area contributed by atoms with E-state index in [0.717, 1.165) is 17.1 Å². The van der Waals surface area contributed by atoms with Crippen LogP contribution in [0.4, 0.5) is 10.2 Å². The Kier molecular flexibility index (Phi) is 3.11. The van der Waals surface area contributed by atoms with Crippen molar-refractivity contribution >= 4 is 17.4 Å². The third-order valence-corrected chi connectivity index (χ3v) is 3.47. The van der Waals surface area contributed by atoms with Crippen molar-refractivity contribution < 1.29 is 4.39 Å². The molecule has 1 aliphatic carbocycles. The summed E-state index contributed by atoms with van der Waals surface area (Å²) < 4.78 is 13.2. The fraction of sp³-hybridized carbons (Fsp3) is 0.286. The molecule has 1 aromatic heterocycles. The number of hydrogen-bond donors (Lipinski definition) is 1. The topological polar surface area (TPSA) is 37.8 Å². The summed E-state index contributed by atoms with van der Waals surface area (Å²) in [5, 5.41) is 3.11. The maximum atomic E-state index is 13.2. The van der Waals surface area contributed by atoms with Crippen molar-refractivity contribution in [1.82, 2.24) is 9.97 Å². The number of benzene rings is 1. The highest BCUT2D eigenvalue weighted by atomic mass is 35.5. The Labute approximate surface area is 115 Å². The summed E-state index contributed by atoms with van der Waals surface area (Å²) in [4.78, 5) is 8.95. The zero-order valence-corrected chi connectivity index (χ0v) is 11.2. The number of halogens is 2. The molecule has 19 heavy (non-hydrogen) atoms. The van der Waals surface area contributed by atoms with Gasteiger partial charge in [0, 0.05) is 30.3 Å². The molecule has 0 amide bonds. The summed E-state index contributed by atoms with van der Waals surface area (Å²) in [6.07, 6.45) is 2.34. The second-order valence-electron chi connectivity index (χ2n) is 4.65. The zero-order valence-electron chi connectivity index (χ0n) is 10.5. The van der Waals surface area contributed by atoms with E-state index in [0.29, 0.717) is 11.7 Å². The van der Waals surface area contributed by atoms with E-state index in [9.17, 15) is 4.39 Å². The molecule has 2 aromatic rings. The molecule has 0 spiro atoms. The maximum Gasteiger partial charge on any atom is 0.161 e. The number of anilines is 1. The van der Waals surface area contributed by atoms with Gasteiger partial charge in [0.1, 0.15) is 11.6 Å². The number of aromatic nitrogens is 2. The van der Waals surface area contributed by atoms with Gasteiger partial charge < -0.3 is 5.32 Å². The van der Waals surface area contributed by atoms with Crippen LogP contribution in [-0.2, 0) is 0 Å². The molecule has 1 aromatic carbocycles. The average Bonchev–Trinajstić information content (AvgIpc) is 3.26. The van der Waals surface area contributed by atoms with Gasteiger partial charge in [0.2, 0.25) is 0 Å². The average molecular weight is 278 g/mol. The molecule has 1 N–H and O–H groups in total. The van der Waals surface area contributed by atoms with E-state index in [4.69, 9.17) is 11.6 Å². The first-order valence-corrected chi connectivity index (χ1v) is 6.57. The van der Waals surface area contributed by atoms with E-state index < -0.39 is 5.82 Å². The van der Waals surface area contributed by atoms with Crippen LogP contribution < -0.4 is 5.32 Å².